The van der Waals surface area contributed by atoms with Gasteiger partial charge in [-0.1, -0.05) is 133 Å². The molecule has 10 aromatic rings. The van der Waals surface area contributed by atoms with Crippen molar-refractivity contribution in [3.8, 4) is 44.8 Å². The first-order valence-electron chi connectivity index (χ1n) is 30.6. The first kappa shape index (κ1) is 10.9. The van der Waals surface area contributed by atoms with Crippen molar-refractivity contribution < 1.29 is 43.9 Å². The average Bonchev–Trinajstić information content (AvgIpc) is 1.84. The van der Waals surface area contributed by atoms with Crippen molar-refractivity contribution in [3.05, 3.63) is 193 Å². The van der Waals surface area contributed by atoms with Crippen LogP contribution in [0.3, 0.4) is 0 Å². The summed E-state index contributed by atoms with van der Waals surface area (Å²) < 4.78 is 287. The topological polar surface area (TPSA) is 9.86 Å². The van der Waals surface area contributed by atoms with Crippen molar-refractivity contribution in [1.29, 1.82) is 0 Å². The summed E-state index contributed by atoms with van der Waals surface area (Å²) in [5.74, 6) is 0. The van der Waals surface area contributed by atoms with Crippen LogP contribution in [-0.4, -0.2) is 9.13 Å². The van der Waals surface area contributed by atoms with Crippen LogP contribution < -0.4 is 0 Å². The number of nitrogens with zero attached hydrogens (tertiary/aromatic N) is 2. The Bertz CT molecular complexity index is 4300. The van der Waals surface area contributed by atoms with Crippen LogP contribution >= 0.6 is 0 Å². The van der Waals surface area contributed by atoms with Gasteiger partial charge in [0, 0.05) is 32.9 Å². The van der Waals surface area contributed by atoms with Crippen LogP contribution in [0.15, 0.2) is 193 Å². The van der Waals surface area contributed by atoms with Crippen LogP contribution in [-0.2, 0) is 0 Å². The van der Waals surface area contributed by atoms with Gasteiger partial charge < -0.3 is 9.13 Å². The fourth-order valence-corrected chi connectivity index (χ4v) is 5.56. The summed E-state index contributed by atoms with van der Waals surface area (Å²) in [6.07, 6.45) is 0. The summed E-state index contributed by atoms with van der Waals surface area (Å²) in [4.78, 5) is 0. The van der Waals surface area contributed by atoms with Crippen molar-refractivity contribution in [1.82, 2.24) is 9.13 Å². The summed E-state index contributed by atoms with van der Waals surface area (Å²) in [5, 5.41) is -2.64. The Morgan fingerprint density at radius 1 is 0.260 bits per heavy atom. The lowest BCUT2D eigenvalue weighted by Gasteiger charge is -2.11. The molecule has 50 heavy (non-hydrogen) atoms. The number of hydrogen-bond acceptors (Lipinski definition) is 0. The van der Waals surface area contributed by atoms with Gasteiger partial charge in [0.25, 0.3) is 0 Å². The van der Waals surface area contributed by atoms with Gasteiger partial charge in [0.2, 0.25) is 0 Å². The minimum Gasteiger partial charge on any atom is -0.309 e. The highest BCUT2D eigenvalue weighted by molar-refractivity contribution is 6.12. The van der Waals surface area contributed by atoms with Crippen LogP contribution in [0.2, 0.25) is 0 Å². The molecule has 0 atom stereocenters. The molecule has 2 aromatic heterocycles. The Morgan fingerprint density at radius 3 is 1.00 bits per heavy atom. The predicted octanol–water partition coefficient (Wildman–Crippen LogP) is 12.9. The lowest BCUT2D eigenvalue weighted by atomic mass is 10.0. The molecule has 2 heterocycles. The van der Waals surface area contributed by atoms with Gasteiger partial charge in [-0.3, -0.25) is 0 Å². The van der Waals surface area contributed by atoms with Crippen molar-refractivity contribution >= 4 is 43.6 Å². The second kappa shape index (κ2) is 11.5. The van der Waals surface area contributed by atoms with Gasteiger partial charge in [0.1, 0.15) is 0 Å². The Morgan fingerprint density at radius 2 is 0.580 bits per heavy atom. The molecule has 0 unspecified atom stereocenters. The molecule has 0 spiro atoms. The molecule has 0 saturated heterocycles. The largest absolute Gasteiger partial charge is 0.309 e. The maximum atomic E-state index is 9.85. The zero-order chi connectivity index (χ0) is 60.9. The molecule has 0 bridgehead atoms. The number of rotatable bonds is 5. The fraction of sp³-hybridized carbons (Fsp3) is 0. The van der Waals surface area contributed by atoms with Gasteiger partial charge in [-0.15, -0.1) is 0 Å². The number of para-hydroxylation sites is 2. The van der Waals surface area contributed by atoms with E-state index in [1.807, 2.05) is 0 Å². The summed E-state index contributed by atoms with van der Waals surface area (Å²) >= 11 is 0. The number of aromatic nitrogens is 2. The van der Waals surface area contributed by atoms with E-state index in [1.165, 1.54) is 0 Å². The first-order chi connectivity index (χ1) is 38.1. The molecule has 10 rings (SSSR count). The van der Waals surface area contributed by atoms with Crippen molar-refractivity contribution in [2.45, 2.75) is 0 Å². The van der Waals surface area contributed by atoms with E-state index in [9.17, 15) is 13.7 Å². The molecule has 0 N–H and O–H groups in total. The maximum absolute atomic E-state index is 9.85. The number of benzene rings is 8. The smallest absolute Gasteiger partial charge is 0.0645 e. The fourth-order valence-electron chi connectivity index (χ4n) is 5.56. The molecular formula is C48H32N2. The highest BCUT2D eigenvalue weighted by Gasteiger charge is 2.16. The van der Waals surface area contributed by atoms with Crippen LogP contribution in [0.25, 0.3) is 88.4 Å². The molecule has 0 fully saturated rings. The van der Waals surface area contributed by atoms with Gasteiger partial charge >= 0.3 is 0 Å². The second-order valence-corrected chi connectivity index (χ2v) is 10.5. The molecule has 0 aliphatic carbocycles. The van der Waals surface area contributed by atoms with E-state index in [2.05, 4.69) is 0 Å². The van der Waals surface area contributed by atoms with Gasteiger partial charge in [-0.2, -0.15) is 0 Å². The minimum absolute atomic E-state index is 0.640. The van der Waals surface area contributed by atoms with E-state index in [-0.39, 0.29) is 0 Å². The highest BCUT2D eigenvalue weighted by Crippen LogP contribution is 2.38. The molecule has 234 valence electrons. The second-order valence-electron chi connectivity index (χ2n) is 10.5. The molecule has 0 radical (unpaired) electrons. The van der Waals surface area contributed by atoms with Crippen molar-refractivity contribution in [2.24, 2.45) is 0 Å². The molecule has 8 aromatic carbocycles. The summed E-state index contributed by atoms with van der Waals surface area (Å²) in [5.41, 5.74) is -9.38. The van der Waals surface area contributed by atoms with Crippen LogP contribution in [0, 0.1) is 0 Å². The maximum Gasteiger partial charge on any atom is 0.0645 e. The standard InChI is InChI=1S/C48H32N2/c1-3-11-33(12-4-1)35-19-25-39(26-20-35)49-45-17-9-7-15-41(45)43-31-37(23-29-47(43)49)38-24-30-48-44(32-38)42-16-8-10-18-46(42)50(48)40-27-21-36(22-28-40)34-13-5-2-6-14-34/h1-32H/i1D,2D,3D,4D,5D,6D,7D,8D,9D,10D,11D,12D,13D,14D,15D,16D,17D,18D,19D,20D,21D,22D,23D,24D,25D,26D,27D,28D,29D,30D,31D,32D. The van der Waals surface area contributed by atoms with E-state index in [0.29, 0.717) is 9.13 Å². The van der Waals surface area contributed by atoms with E-state index in [0.717, 1.165) is 0 Å². The van der Waals surface area contributed by atoms with E-state index in [4.69, 9.17) is 30.2 Å². The van der Waals surface area contributed by atoms with E-state index in [1.54, 1.807) is 0 Å². The van der Waals surface area contributed by atoms with E-state index < -0.39 is 282 Å². The molecular weight excluding hydrogens is 605 g/mol. The van der Waals surface area contributed by atoms with Crippen molar-refractivity contribution in [2.75, 3.05) is 0 Å². The molecule has 0 amide bonds. The van der Waals surface area contributed by atoms with Gasteiger partial charge in [-0.05, 0) is 93.8 Å². The summed E-state index contributed by atoms with van der Waals surface area (Å²) in [6, 6.07) is -31.0. The normalized spacial score (nSPS) is 20.6. The lowest BCUT2D eigenvalue weighted by molar-refractivity contribution is 1.18. The Labute approximate surface area is 335 Å². The highest BCUT2D eigenvalue weighted by atomic mass is 15.0. The summed E-state index contributed by atoms with van der Waals surface area (Å²) in [6.45, 7) is 0. The van der Waals surface area contributed by atoms with Crippen molar-refractivity contribution in [3.63, 3.8) is 0 Å². The Kier molecular flexibility index (Phi) is 2.52. The SMILES string of the molecule is [2H]c1c([2H])c([2H])c(-c2c([2H])c([2H])c(-n3c4c([2H])c([2H])c([2H])c([2H])c4c4c([2H])c(-c5c([2H])c([2H])c6c(c5[2H])c5c([2H])c([2H])c([2H])c([2H])c5n6-c5c([2H])c([2H])c(-c6c([2H])c([2H])c([2H])c([2H])c6[2H])c([2H])c5[2H])c([2H])c([2H])c43)c([2H])c2[2H])c([2H])c1[2H]. The molecule has 2 nitrogen and oxygen atoms in total. The molecule has 2 heteroatoms. The third kappa shape index (κ3) is 4.57. The zero-order valence-electron chi connectivity index (χ0n) is 56.9. The molecule has 0 aliphatic heterocycles. The third-order valence-corrected chi connectivity index (χ3v) is 7.74. The number of fused-ring (bicyclic) bond motifs is 6. The molecule has 0 saturated carbocycles. The minimum atomic E-state index is -1.10. The van der Waals surface area contributed by atoms with Gasteiger partial charge in [-0.25, -0.2) is 0 Å². The van der Waals surface area contributed by atoms with Gasteiger partial charge in [0.15, 0.2) is 0 Å². The lowest BCUT2D eigenvalue weighted by Crippen LogP contribution is -1.94. The quantitative estimate of drug-likeness (QED) is 0.173. The van der Waals surface area contributed by atoms with Crippen LogP contribution in [0.5, 0.6) is 0 Å². The molecule has 0 aliphatic rings. The predicted molar refractivity (Wildman–Crippen MR) is 211 cm³/mol. The summed E-state index contributed by atoms with van der Waals surface area (Å²) in [7, 11) is 0. The van der Waals surface area contributed by atoms with E-state index >= 15 is 0 Å². The van der Waals surface area contributed by atoms with Gasteiger partial charge in [0.05, 0.1) is 65.9 Å². The zero-order valence-corrected chi connectivity index (χ0v) is 24.9. The number of hydrogen-bond donors (Lipinski definition) is 0. The average molecular weight is 669 g/mol. The van der Waals surface area contributed by atoms with Crippen LogP contribution in [0.1, 0.15) is 43.9 Å². The first-order valence-corrected chi connectivity index (χ1v) is 14.6. The Hall–Kier alpha value is -6.64. The monoisotopic (exact) mass is 668 g/mol. The Balaban J connectivity index is 1.36. The van der Waals surface area contributed by atoms with Crippen LogP contribution in [0.4, 0.5) is 0 Å². The third-order valence-electron chi connectivity index (χ3n) is 7.74.